The van der Waals surface area contributed by atoms with Crippen molar-refractivity contribution in [3.05, 3.63) is 29.8 Å². The zero-order chi connectivity index (χ0) is 13.8. The minimum atomic E-state index is -3.59. The molecule has 0 heterocycles. The van der Waals surface area contributed by atoms with Gasteiger partial charge in [0.2, 0.25) is 10.0 Å². The van der Waals surface area contributed by atoms with Crippen LogP contribution < -0.4 is 0 Å². The maximum absolute atomic E-state index is 12.5. The van der Waals surface area contributed by atoms with Crippen molar-refractivity contribution in [1.82, 2.24) is 4.31 Å². The molecule has 0 saturated carbocycles. The van der Waals surface area contributed by atoms with Crippen molar-refractivity contribution in [1.29, 1.82) is 5.26 Å². The summed E-state index contributed by atoms with van der Waals surface area (Å²) >= 11 is 0. The van der Waals surface area contributed by atoms with E-state index < -0.39 is 10.0 Å². The van der Waals surface area contributed by atoms with Crippen LogP contribution in [0.4, 0.5) is 0 Å². The summed E-state index contributed by atoms with van der Waals surface area (Å²) in [5.41, 5.74) is 0.194. The van der Waals surface area contributed by atoms with Gasteiger partial charge in [-0.25, -0.2) is 8.42 Å². The van der Waals surface area contributed by atoms with Gasteiger partial charge in [0, 0.05) is 12.6 Å². The highest BCUT2D eigenvalue weighted by Crippen LogP contribution is 2.22. The monoisotopic (exact) mass is 266 g/mol. The van der Waals surface area contributed by atoms with Crippen molar-refractivity contribution >= 4 is 10.0 Å². The van der Waals surface area contributed by atoms with E-state index >= 15 is 0 Å². The Kier molecular flexibility index (Phi) is 4.88. The third-order valence-corrected chi connectivity index (χ3v) is 5.14. The van der Waals surface area contributed by atoms with Crippen LogP contribution in [0.2, 0.25) is 0 Å². The molecular formula is C13H18N2O2S. The molecule has 0 bridgehead atoms. The molecule has 1 atom stereocenters. The first kappa shape index (κ1) is 14.7. The number of benzene rings is 1. The second-order valence-corrected chi connectivity index (χ2v) is 5.93. The normalized spacial score (nSPS) is 13.3. The highest BCUT2D eigenvalue weighted by molar-refractivity contribution is 7.89. The van der Waals surface area contributed by atoms with Gasteiger partial charge in [-0.3, -0.25) is 0 Å². The molecule has 0 aromatic heterocycles. The number of nitrogens with zero attached hydrogens (tertiary/aromatic N) is 2. The van der Waals surface area contributed by atoms with Gasteiger partial charge < -0.3 is 0 Å². The molecule has 0 N–H and O–H groups in total. The summed E-state index contributed by atoms with van der Waals surface area (Å²) in [6.45, 7) is 6.02. The Hall–Kier alpha value is -1.38. The highest BCUT2D eigenvalue weighted by atomic mass is 32.2. The van der Waals surface area contributed by atoms with Crippen LogP contribution in [0.15, 0.2) is 29.2 Å². The maximum Gasteiger partial charge on any atom is 0.244 e. The van der Waals surface area contributed by atoms with Crippen LogP contribution in [0.1, 0.15) is 32.8 Å². The quantitative estimate of drug-likeness (QED) is 0.822. The zero-order valence-corrected chi connectivity index (χ0v) is 11.7. The van der Waals surface area contributed by atoms with E-state index in [4.69, 9.17) is 5.26 Å². The average molecular weight is 266 g/mol. The number of hydrogen-bond acceptors (Lipinski definition) is 3. The molecule has 0 saturated heterocycles. The number of nitriles is 1. The van der Waals surface area contributed by atoms with E-state index in [0.717, 1.165) is 6.42 Å². The van der Waals surface area contributed by atoms with Crippen LogP contribution >= 0.6 is 0 Å². The largest absolute Gasteiger partial charge is 0.244 e. The predicted molar refractivity (Wildman–Crippen MR) is 70.5 cm³/mol. The summed E-state index contributed by atoms with van der Waals surface area (Å²) in [7, 11) is -3.59. The standard InChI is InChI=1S/C13H18N2O2S/c1-4-11(3)15(5-2)18(16,17)13-9-7-6-8-12(13)10-14/h6-9,11H,4-5H2,1-3H3. The Morgan fingerprint density at radius 1 is 1.33 bits per heavy atom. The van der Waals surface area contributed by atoms with Crippen molar-refractivity contribution in [3.8, 4) is 6.07 Å². The number of rotatable bonds is 5. The first-order chi connectivity index (χ1) is 8.48. The summed E-state index contributed by atoms with van der Waals surface area (Å²) in [6.07, 6.45) is 0.738. The Bertz CT molecular complexity index is 546. The maximum atomic E-state index is 12.5. The molecule has 1 unspecified atom stereocenters. The molecule has 0 radical (unpaired) electrons. The van der Waals surface area contributed by atoms with Crippen LogP contribution in [-0.4, -0.2) is 25.3 Å². The first-order valence-corrected chi connectivity index (χ1v) is 7.44. The lowest BCUT2D eigenvalue weighted by Gasteiger charge is -2.26. The fourth-order valence-electron chi connectivity index (χ4n) is 1.83. The van der Waals surface area contributed by atoms with E-state index in [-0.39, 0.29) is 16.5 Å². The lowest BCUT2D eigenvalue weighted by molar-refractivity contribution is 0.342. The molecule has 0 spiro atoms. The van der Waals surface area contributed by atoms with E-state index in [1.165, 1.54) is 16.4 Å². The Morgan fingerprint density at radius 2 is 1.94 bits per heavy atom. The molecule has 1 aromatic carbocycles. The molecule has 1 aromatic rings. The third-order valence-electron chi connectivity index (χ3n) is 2.99. The first-order valence-electron chi connectivity index (χ1n) is 6.00. The molecule has 0 aliphatic heterocycles. The molecule has 0 aliphatic rings. The van der Waals surface area contributed by atoms with Gasteiger partial charge >= 0.3 is 0 Å². The van der Waals surface area contributed by atoms with Gasteiger partial charge in [-0.1, -0.05) is 26.0 Å². The van der Waals surface area contributed by atoms with Gasteiger partial charge in [0.25, 0.3) is 0 Å². The summed E-state index contributed by atoms with van der Waals surface area (Å²) in [5, 5.41) is 9.00. The molecule has 4 nitrogen and oxygen atoms in total. The van der Waals surface area contributed by atoms with Crippen LogP contribution in [0.3, 0.4) is 0 Å². The molecule has 0 aliphatic carbocycles. The number of sulfonamides is 1. The van der Waals surface area contributed by atoms with Crippen LogP contribution in [0.25, 0.3) is 0 Å². The van der Waals surface area contributed by atoms with E-state index in [1.54, 1.807) is 19.1 Å². The Balaban J connectivity index is 3.33. The van der Waals surface area contributed by atoms with Crippen molar-refractivity contribution in [2.75, 3.05) is 6.54 Å². The minimum absolute atomic E-state index is 0.0771. The van der Waals surface area contributed by atoms with Crippen molar-refractivity contribution in [3.63, 3.8) is 0 Å². The van der Waals surface area contributed by atoms with Crippen LogP contribution in [0.5, 0.6) is 0 Å². The van der Waals surface area contributed by atoms with Gasteiger partial charge in [-0.05, 0) is 25.5 Å². The van der Waals surface area contributed by atoms with Crippen LogP contribution in [0, 0.1) is 11.3 Å². The van der Waals surface area contributed by atoms with Crippen LogP contribution in [-0.2, 0) is 10.0 Å². The Morgan fingerprint density at radius 3 is 2.44 bits per heavy atom. The predicted octanol–water partition coefficient (Wildman–Crippen LogP) is 2.37. The second kappa shape index (κ2) is 5.98. The third kappa shape index (κ3) is 2.71. The molecular weight excluding hydrogens is 248 g/mol. The smallest absolute Gasteiger partial charge is 0.207 e. The summed E-state index contributed by atoms with van der Waals surface area (Å²) in [4.78, 5) is 0.0923. The average Bonchev–Trinajstić information content (AvgIpc) is 2.38. The van der Waals surface area contributed by atoms with E-state index in [2.05, 4.69) is 0 Å². The zero-order valence-electron chi connectivity index (χ0n) is 10.9. The topological polar surface area (TPSA) is 61.2 Å². The summed E-state index contributed by atoms with van der Waals surface area (Å²) < 4.78 is 26.5. The van der Waals surface area contributed by atoms with Gasteiger partial charge in [0.05, 0.1) is 10.5 Å². The summed E-state index contributed by atoms with van der Waals surface area (Å²) in [6, 6.07) is 8.17. The fraction of sp³-hybridized carbons (Fsp3) is 0.462. The van der Waals surface area contributed by atoms with E-state index in [1.807, 2.05) is 19.9 Å². The molecule has 0 fully saturated rings. The van der Waals surface area contributed by atoms with Gasteiger partial charge in [-0.15, -0.1) is 0 Å². The van der Waals surface area contributed by atoms with Crippen molar-refractivity contribution in [2.45, 2.75) is 38.1 Å². The van der Waals surface area contributed by atoms with Gasteiger partial charge in [0.15, 0.2) is 0 Å². The molecule has 5 heteroatoms. The SMILES string of the molecule is CCC(C)N(CC)S(=O)(=O)c1ccccc1C#N. The highest BCUT2D eigenvalue weighted by Gasteiger charge is 2.28. The molecule has 1 rings (SSSR count). The number of hydrogen-bond donors (Lipinski definition) is 0. The lowest BCUT2D eigenvalue weighted by atomic mass is 10.2. The molecule has 0 amide bonds. The van der Waals surface area contributed by atoms with Crippen molar-refractivity contribution < 1.29 is 8.42 Å². The van der Waals surface area contributed by atoms with Gasteiger partial charge in [0.1, 0.15) is 6.07 Å². The molecule has 98 valence electrons. The summed E-state index contributed by atoms with van der Waals surface area (Å²) in [5.74, 6) is 0. The Labute approximate surface area is 109 Å². The van der Waals surface area contributed by atoms with E-state index in [9.17, 15) is 8.42 Å². The van der Waals surface area contributed by atoms with Crippen molar-refractivity contribution in [2.24, 2.45) is 0 Å². The van der Waals surface area contributed by atoms with E-state index in [0.29, 0.717) is 6.54 Å². The fourth-order valence-corrected chi connectivity index (χ4v) is 3.69. The van der Waals surface area contributed by atoms with Gasteiger partial charge in [-0.2, -0.15) is 9.57 Å². The second-order valence-electron chi connectivity index (χ2n) is 4.07. The lowest BCUT2D eigenvalue weighted by Crippen LogP contribution is -2.38. The molecule has 18 heavy (non-hydrogen) atoms. The minimum Gasteiger partial charge on any atom is -0.207 e.